The summed E-state index contributed by atoms with van der Waals surface area (Å²) in [5.74, 6) is 1.47. The lowest BCUT2D eigenvalue weighted by Crippen LogP contribution is -2.69. The predicted octanol–water partition coefficient (Wildman–Crippen LogP) is 7.73. The molecule has 0 N–H and O–H groups in total. The molecule has 44 heavy (non-hydrogen) atoms. The molecule has 5 aliphatic carbocycles. The summed E-state index contributed by atoms with van der Waals surface area (Å²) in [5, 5.41) is 0. The lowest BCUT2D eigenvalue weighted by molar-refractivity contribution is -0.248. The molecule has 0 aromatic carbocycles. The van der Waals surface area contributed by atoms with E-state index in [1.54, 1.807) is 0 Å². The van der Waals surface area contributed by atoms with E-state index in [2.05, 4.69) is 48.5 Å². The van der Waals surface area contributed by atoms with Gasteiger partial charge in [-0.15, -0.1) is 0 Å². The number of ketones is 1. The van der Waals surface area contributed by atoms with Crippen LogP contribution in [-0.4, -0.2) is 55.9 Å². The van der Waals surface area contributed by atoms with E-state index >= 15 is 0 Å². The fourth-order valence-electron chi connectivity index (χ4n) is 13.2. The van der Waals surface area contributed by atoms with E-state index in [1.165, 1.54) is 44.9 Å². The Kier molecular flexibility index (Phi) is 6.92. The lowest BCUT2D eigenvalue weighted by atomic mass is 9.31. The Balaban J connectivity index is 1.10. The molecule has 248 valence electrons. The van der Waals surface area contributed by atoms with Gasteiger partial charge in [0, 0.05) is 11.8 Å². The van der Waals surface area contributed by atoms with Crippen molar-refractivity contribution in [1.82, 2.24) is 0 Å². The maximum Gasteiger partial charge on any atom is 0.509 e. The van der Waals surface area contributed by atoms with Gasteiger partial charge in [-0.1, -0.05) is 48.5 Å². The third-order valence-corrected chi connectivity index (χ3v) is 15.5. The van der Waals surface area contributed by atoms with Gasteiger partial charge in [-0.05, 0) is 116 Å². The Morgan fingerprint density at radius 1 is 0.864 bits per heavy atom. The van der Waals surface area contributed by atoms with Crippen molar-refractivity contribution in [3.8, 4) is 0 Å². The molecular formula is C37H58O7. The van der Waals surface area contributed by atoms with E-state index in [9.17, 15) is 9.59 Å². The molecule has 7 nitrogen and oxygen atoms in total. The summed E-state index contributed by atoms with van der Waals surface area (Å²) < 4.78 is 29.4. The zero-order valence-corrected chi connectivity index (χ0v) is 28.9. The van der Waals surface area contributed by atoms with Gasteiger partial charge in [0.15, 0.2) is 17.7 Å². The molecule has 2 aliphatic heterocycles. The molecule has 0 amide bonds. The second-order valence-corrected chi connectivity index (χ2v) is 18.8. The number of rotatable bonds is 3. The zero-order valence-electron chi connectivity index (χ0n) is 28.9. The van der Waals surface area contributed by atoms with E-state index in [0.717, 1.165) is 13.0 Å². The van der Waals surface area contributed by atoms with Crippen LogP contribution in [0.5, 0.6) is 0 Å². The second kappa shape index (κ2) is 9.69. The summed E-state index contributed by atoms with van der Waals surface area (Å²) in [6, 6.07) is 0. The SMILES string of the molecule is CC1(C)OCC(COC(=O)OC2C(=O)C[C@]3(C)[C@H]4CC[C@@H]5C6C7OC[C@@]6(CCC7(C)C)CC[C@@]5(C)[C@]4(C)CC[C@H]3C2(C)C)O1. The van der Waals surface area contributed by atoms with Gasteiger partial charge in [0.1, 0.15) is 12.7 Å². The van der Waals surface area contributed by atoms with Crippen LogP contribution in [0.4, 0.5) is 4.79 Å². The summed E-state index contributed by atoms with van der Waals surface area (Å²) >= 11 is 0. The highest BCUT2D eigenvalue weighted by atomic mass is 16.8. The molecule has 2 saturated heterocycles. The van der Waals surface area contributed by atoms with Crippen LogP contribution in [0.15, 0.2) is 0 Å². The Labute approximate surface area is 265 Å². The van der Waals surface area contributed by atoms with Crippen molar-refractivity contribution in [1.29, 1.82) is 0 Å². The van der Waals surface area contributed by atoms with Crippen LogP contribution in [0, 0.1) is 56.2 Å². The van der Waals surface area contributed by atoms with E-state index in [0.29, 0.717) is 48.2 Å². The molecule has 2 heterocycles. The second-order valence-electron chi connectivity index (χ2n) is 18.8. The fourth-order valence-corrected chi connectivity index (χ4v) is 13.2. The largest absolute Gasteiger partial charge is 0.509 e. The Hall–Kier alpha value is -1.18. The van der Waals surface area contributed by atoms with Crippen molar-refractivity contribution < 1.29 is 33.3 Å². The van der Waals surface area contributed by atoms with Gasteiger partial charge in [0.25, 0.3) is 0 Å². The number of carbonyl (C=O) groups excluding carboxylic acids is 2. The van der Waals surface area contributed by atoms with E-state index in [1.807, 2.05) is 13.8 Å². The van der Waals surface area contributed by atoms with Crippen molar-refractivity contribution in [3.05, 3.63) is 0 Å². The minimum Gasteiger partial charge on any atom is -0.431 e. The van der Waals surface area contributed by atoms with Crippen molar-refractivity contribution >= 4 is 11.9 Å². The summed E-state index contributed by atoms with van der Waals surface area (Å²) in [7, 11) is 0. The van der Waals surface area contributed by atoms with Crippen LogP contribution in [0.1, 0.15) is 120 Å². The van der Waals surface area contributed by atoms with Crippen molar-refractivity contribution in [2.45, 2.75) is 144 Å². The molecule has 0 spiro atoms. The van der Waals surface area contributed by atoms with Crippen LogP contribution in [0.3, 0.4) is 0 Å². The van der Waals surface area contributed by atoms with Gasteiger partial charge < -0.3 is 23.7 Å². The summed E-state index contributed by atoms with van der Waals surface area (Å²) in [4.78, 5) is 26.9. The van der Waals surface area contributed by atoms with Gasteiger partial charge in [-0.25, -0.2) is 4.79 Å². The molecule has 0 aromatic rings. The average Bonchev–Trinajstić information content (AvgIpc) is 3.45. The molecule has 5 saturated carbocycles. The molecule has 7 rings (SSSR count). The maximum absolute atomic E-state index is 14.1. The Morgan fingerprint density at radius 2 is 1.59 bits per heavy atom. The lowest BCUT2D eigenvalue weighted by Gasteiger charge is -2.73. The normalized spacial score (nSPS) is 51.4. The molecular weight excluding hydrogens is 556 g/mol. The first-order valence-electron chi connectivity index (χ1n) is 17.7. The monoisotopic (exact) mass is 614 g/mol. The number of hydrogen-bond acceptors (Lipinski definition) is 7. The number of hydrogen-bond donors (Lipinski definition) is 0. The molecule has 7 aliphatic rings. The van der Waals surface area contributed by atoms with Crippen molar-refractivity contribution in [3.63, 3.8) is 0 Å². The molecule has 0 aromatic heterocycles. The third-order valence-electron chi connectivity index (χ3n) is 15.5. The summed E-state index contributed by atoms with van der Waals surface area (Å²) in [6.07, 6.45) is 8.75. The average molecular weight is 615 g/mol. The van der Waals surface area contributed by atoms with E-state index in [-0.39, 0.29) is 40.2 Å². The van der Waals surface area contributed by atoms with Crippen molar-refractivity contribution in [2.24, 2.45) is 56.2 Å². The first-order valence-corrected chi connectivity index (χ1v) is 17.7. The van der Waals surface area contributed by atoms with Gasteiger partial charge in [-0.3, -0.25) is 4.79 Å². The number of Topliss-reactive ketones (excluding diaryl/α,β-unsaturated/α-hetero) is 1. The van der Waals surface area contributed by atoms with Crippen LogP contribution in [-0.2, 0) is 28.5 Å². The third kappa shape index (κ3) is 4.22. The highest BCUT2D eigenvalue weighted by Crippen LogP contribution is 2.78. The number of carbonyl (C=O) groups is 2. The van der Waals surface area contributed by atoms with Gasteiger partial charge in [-0.2, -0.15) is 0 Å². The minimum atomic E-state index is -0.798. The maximum atomic E-state index is 14.1. The predicted molar refractivity (Wildman–Crippen MR) is 166 cm³/mol. The smallest absolute Gasteiger partial charge is 0.431 e. The molecule has 7 heteroatoms. The quantitative estimate of drug-likeness (QED) is 0.301. The van der Waals surface area contributed by atoms with Gasteiger partial charge in [0.2, 0.25) is 0 Å². The standard InChI is InChI=1S/C37H58O7/c1-31(2)14-16-37-17-15-35(8)23(27(37)29(31)41-21-37)10-11-26-34(7)18-24(38)28(32(3,4)25(34)12-13-36(26,35)9)43-30(39)40-19-22-20-42-33(5,6)44-22/h22-23,25-29H,10-21H2,1-9H3/t22?,23-,25+,26-,27?,28?,29?,34+,35-,36-,37-/m1/s1. The van der Waals surface area contributed by atoms with E-state index in [4.69, 9.17) is 23.7 Å². The Morgan fingerprint density at radius 3 is 2.30 bits per heavy atom. The zero-order chi connectivity index (χ0) is 31.7. The highest BCUT2D eigenvalue weighted by Gasteiger charge is 2.73. The van der Waals surface area contributed by atoms with Crippen molar-refractivity contribution in [2.75, 3.05) is 19.8 Å². The van der Waals surface area contributed by atoms with Crippen LogP contribution in [0.25, 0.3) is 0 Å². The molecule has 11 atom stereocenters. The molecule has 7 fully saturated rings. The molecule has 0 radical (unpaired) electrons. The Bertz CT molecular complexity index is 1210. The van der Waals surface area contributed by atoms with Gasteiger partial charge >= 0.3 is 6.16 Å². The highest BCUT2D eigenvalue weighted by molar-refractivity contribution is 5.87. The number of ether oxygens (including phenoxy) is 5. The summed E-state index contributed by atoms with van der Waals surface area (Å²) in [5.41, 5.74) is 0.432. The van der Waals surface area contributed by atoms with Gasteiger partial charge in [0.05, 0.1) is 19.3 Å². The topological polar surface area (TPSA) is 80.3 Å². The first-order chi connectivity index (χ1) is 20.4. The minimum absolute atomic E-state index is 0.0480. The van der Waals surface area contributed by atoms with E-state index < -0.39 is 23.5 Å². The number of fused-ring (bicyclic) bond motifs is 5. The van der Waals surface area contributed by atoms with Crippen LogP contribution < -0.4 is 0 Å². The fraction of sp³-hybridized carbons (Fsp3) is 0.946. The van der Waals surface area contributed by atoms with Crippen LogP contribution in [0.2, 0.25) is 0 Å². The van der Waals surface area contributed by atoms with Crippen LogP contribution >= 0.6 is 0 Å². The molecule has 2 bridgehead atoms. The first kappa shape index (κ1) is 31.4. The summed E-state index contributed by atoms with van der Waals surface area (Å²) in [6.45, 7) is 21.9. The molecule has 4 unspecified atom stereocenters.